The van der Waals surface area contributed by atoms with Crippen LogP contribution in [0.3, 0.4) is 0 Å². The molecule has 9 heteroatoms. The Kier molecular flexibility index (Phi) is 5.09. The van der Waals surface area contributed by atoms with Crippen molar-refractivity contribution in [2.75, 3.05) is 5.32 Å². The minimum absolute atomic E-state index is 0.210. The Bertz CT molecular complexity index is 996. The van der Waals surface area contributed by atoms with Crippen LogP contribution in [0.15, 0.2) is 62.8 Å². The Morgan fingerprint density at radius 2 is 2.04 bits per heavy atom. The number of amides is 1. The van der Waals surface area contributed by atoms with Gasteiger partial charge >= 0.3 is 0 Å². The molecule has 26 heavy (non-hydrogen) atoms. The molecule has 3 aromatic heterocycles. The maximum atomic E-state index is 12.3. The molecule has 0 aliphatic carbocycles. The third kappa shape index (κ3) is 4.01. The van der Waals surface area contributed by atoms with E-state index >= 15 is 0 Å². The topological polar surface area (TPSA) is 80.9 Å². The third-order valence-corrected chi connectivity index (χ3v) is 6.27. The molecule has 0 unspecified atom stereocenters. The molecule has 130 valence electrons. The molecule has 6 nitrogen and oxygen atoms in total. The van der Waals surface area contributed by atoms with Crippen LogP contribution in [0, 0.1) is 0 Å². The van der Waals surface area contributed by atoms with Gasteiger partial charge in [-0.2, -0.15) is 0 Å². The number of nitrogens with one attached hydrogen (secondary N) is 1. The second kappa shape index (κ2) is 7.81. The molecule has 1 amide bonds. The van der Waals surface area contributed by atoms with Crippen LogP contribution in [0.4, 0.5) is 5.13 Å². The first-order valence-electron chi connectivity index (χ1n) is 7.60. The Morgan fingerprint density at radius 3 is 2.85 bits per heavy atom. The van der Waals surface area contributed by atoms with Crippen LogP contribution in [-0.4, -0.2) is 21.3 Å². The molecule has 4 aromatic rings. The summed E-state index contributed by atoms with van der Waals surface area (Å²) in [7, 11) is 0. The number of nitrogens with zero attached hydrogens (tertiary/aromatic N) is 3. The number of hydrogen-bond donors (Lipinski definition) is 1. The number of hydrogen-bond acceptors (Lipinski definition) is 8. The van der Waals surface area contributed by atoms with E-state index in [-0.39, 0.29) is 11.6 Å². The molecule has 0 bridgehead atoms. The van der Waals surface area contributed by atoms with Crippen LogP contribution < -0.4 is 5.32 Å². The highest BCUT2D eigenvalue weighted by Crippen LogP contribution is 2.29. The average molecular weight is 401 g/mol. The largest absolute Gasteiger partial charge is 0.355 e. The number of aromatic nitrogens is 3. The lowest BCUT2D eigenvalue weighted by Crippen LogP contribution is -2.11. The smallest absolute Gasteiger partial charge is 0.279 e. The maximum Gasteiger partial charge on any atom is 0.279 e. The van der Waals surface area contributed by atoms with Gasteiger partial charge < -0.3 is 4.52 Å². The van der Waals surface area contributed by atoms with E-state index in [4.69, 9.17) is 4.52 Å². The van der Waals surface area contributed by atoms with Gasteiger partial charge in [0.15, 0.2) is 15.8 Å². The zero-order valence-electron chi connectivity index (χ0n) is 13.3. The van der Waals surface area contributed by atoms with Gasteiger partial charge in [-0.05, 0) is 17.0 Å². The second-order valence-electron chi connectivity index (χ2n) is 5.16. The fourth-order valence-corrected chi connectivity index (χ4v) is 4.49. The summed E-state index contributed by atoms with van der Waals surface area (Å²) in [6.07, 6.45) is 0. The lowest BCUT2D eigenvalue weighted by molar-refractivity contribution is 0.101. The van der Waals surface area contributed by atoms with Crippen molar-refractivity contribution < 1.29 is 9.32 Å². The lowest BCUT2D eigenvalue weighted by atomic mass is 10.2. The third-order valence-electron chi connectivity index (χ3n) is 3.34. The Hall–Kier alpha value is -2.49. The van der Waals surface area contributed by atoms with E-state index in [2.05, 4.69) is 32.8 Å². The highest BCUT2D eigenvalue weighted by Gasteiger charge is 2.16. The summed E-state index contributed by atoms with van der Waals surface area (Å²) >= 11 is 4.44. The van der Waals surface area contributed by atoms with E-state index in [1.54, 1.807) is 17.8 Å². The lowest BCUT2D eigenvalue weighted by Gasteiger charge is -1.97. The molecule has 0 fully saturated rings. The van der Waals surface area contributed by atoms with Crippen molar-refractivity contribution in [2.45, 2.75) is 10.1 Å². The summed E-state index contributed by atoms with van der Waals surface area (Å²) in [6.45, 7) is 0. The van der Waals surface area contributed by atoms with Crippen LogP contribution in [-0.2, 0) is 5.75 Å². The summed E-state index contributed by atoms with van der Waals surface area (Å²) in [4.78, 5) is 13.2. The van der Waals surface area contributed by atoms with Crippen LogP contribution in [0.25, 0.3) is 10.6 Å². The molecule has 0 radical (unpaired) electrons. The fourth-order valence-electron chi connectivity index (χ4n) is 2.12. The van der Waals surface area contributed by atoms with Crippen molar-refractivity contribution in [1.29, 1.82) is 0 Å². The summed E-state index contributed by atoms with van der Waals surface area (Å²) in [5.41, 5.74) is 1.42. The van der Waals surface area contributed by atoms with Gasteiger partial charge in [-0.3, -0.25) is 10.1 Å². The fraction of sp³-hybridized carbons (Fsp3) is 0.0588. The first kappa shape index (κ1) is 17.0. The van der Waals surface area contributed by atoms with Gasteiger partial charge in [-0.1, -0.05) is 64.7 Å². The number of anilines is 1. The minimum Gasteiger partial charge on any atom is -0.355 e. The van der Waals surface area contributed by atoms with Crippen LogP contribution in [0.1, 0.15) is 16.1 Å². The number of carbonyl (C=O) groups excluding carboxylic acids is 1. The number of carbonyl (C=O) groups is 1. The quantitative estimate of drug-likeness (QED) is 0.370. The first-order valence-corrected chi connectivity index (χ1v) is 10.3. The Balaban J connectivity index is 1.37. The molecular weight excluding hydrogens is 388 g/mol. The molecule has 0 saturated carbocycles. The molecule has 1 N–H and O–H groups in total. The maximum absolute atomic E-state index is 12.3. The van der Waals surface area contributed by atoms with Gasteiger partial charge in [0.25, 0.3) is 5.91 Å². The highest BCUT2D eigenvalue weighted by molar-refractivity contribution is 8.00. The van der Waals surface area contributed by atoms with Crippen LogP contribution in [0.5, 0.6) is 0 Å². The number of thiophene rings is 1. The van der Waals surface area contributed by atoms with E-state index < -0.39 is 0 Å². The normalized spacial score (nSPS) is 10.8. The summed E-state index contributed by atoms with van der Waals surface area (Å²) < 4.78 is 6.02. The van der Waals surface area contributed by atoms with Crippen LogP contribution >= 0.6 is 34.4 Å². The molecular formula is C17H12N4O2S3. The zero-order chi connectivity index (χ0) is 17.8. The molecule has 4 rings (SSSR count). The predicted molar refractivity (Wildman–Crippen MR) is 104 cm³/mol. The second-order valence-corrected chi connectivity index (χ2v) is 8.30. The van der Waals surface area contributed by atoms with Gasteiger partial charge in [0, 0.05) is 11.8 Å². The molecule has 0 aliphatic rings. The molecule has 0 aliphatic heterocycles. The monoisotopic (exact) mass is 400 g/mol. The number of benzene rings is 1. The summed E-state index contributed by atoms with van der Waals surface area (Å²) in [6, 6.07) is 15.6. The molecule has 0 atom stereocenters. The molecule has 1 aromatic carbocycles. The van der Waals surface area contributed by atoms with Crippen molar-refractivity contribution in [2.24, 2.45) is 0 Å². The van der Waals surface area contributed by atoms with Crippen molar-refractivity contribution in [3.8, 4) is 10.6 Å². The molecule has 0 saturated heterocycles. The van der Waals surface area contributed by atoms with E-state index in [0.717, 1.165) is 15.0 Å². The number of rotatable bonds is 6. The van der Waals surface area contributed by atoms with Crippen molar-refractivity contribution >= 4 is 45.5 Å². The van der Waals surface area contributed by atoms with Crippen molar-refractivity contribution in [1.82, 2.24) is 15.4 Å². The summed E-state index contributed by atoms with van der Waals surface area (Å²) in [5.74, 6) is 1.01. The Labute approximate surface area is 161 Å². The van der Waals surface area contributed by atoms with E-state index in [0.29, 0.717) is 10.9 Å². The number of thioether (sulfide) groups is 1. The van der Waals surface area contributed by atoms with E-state index in [1.165, 1.54) is 28.2 Å². The van der Waals surface area contributed by atoms with Gasteiger partial charge in [0.1, 0.15) is 0 Å². The average Bonchev–Trinajstić information content (AvgIpc) is 3.41. The van der Waals surface area contributed by atoms with Gasteiger partial charge in [-0.25, -0.2) is 0 Å². The molecule has 3 heterocycles. The van der Waals surface area contributed by atoms with Gasteiger partial charge in [-0.15, -0.1) is 21.5 Å². The van der Waals surface area contributed by atoms with E-state index in [1.807, 2.05) is 35.7 Å². The first-order chi connectivity index (χ1) is 12.8. The van der Waals surface area contributed by atoms with Crippen molar-refractivity contribution in [3.63, 3.8) is 0 Å². The van der Waals surface area contributed by atoms with Crippen LogP contribution in [0.2, 0.25) is 0 Å². The minimum atomic E-state index is -0.368. The van der Waals surface area contributed by atoms with Crippen molar-refractivity contribution in [3.05, 3.63) is 65.2 Å². The van der Waals surface area contributed by atoms with E-state index in [9.17, 15) is 4.79 Å². The Morgan fingerprint density at radius 1 is 1.15 bits per heavy atom. The summed E-state index contributed by atoms with van der Waals surface area (Å²) in [5, 5.41) is 17.0. The van der Waals surface area contributed by atoms with Gasteiger partial charge in [0.05, 0.1) is 4.88 Å². The standard InChI is InChI=1S/C17H12N4O2S3/c22-15(12-9-13(23-21-12)14-7-4-8-24-14)18-16-19-20-17(26-16)25-10-11-5-2-1-3-6-11/h1-9H,10H2,(H,18,19,22). The highest BCUT2D eigenvalue weighted by atomic mass is 32.2. The zero-order valence-corrected chi connectivity index (χ0v) is 15.7. The predicted octanol–water partition coefficient (Wildman–Crippen LogP) is 4.80. The SMILES string of the molecule is O=C(Nc1nnc(SCc2ccccc2)s1)c1cc(-c2cccs2)on1. The molecule has 0 spiro atoms. The van der Waals surface area contributed by atoms with Gasteiger partial charge in [0.2, 0.25) is 5.13 Å².